The van der Waals surface area contributed by atoms with Gasteiger partial charge >= 0.3 is 5.97 Å². The number of benzene rings is 1. The van der Waals surface area contributed by atoms with Crippen LogP contribution in [0, 0.1) is 5.92 Å². The van der Waals surface area contributed by atoms with Crippen LogP contribution >= 0.6 is 15.9 Å². The third-order valence-corrected chi connectivity index (χ3v) is 3.94. The highest BCUT2D eigenvalue weighted by atomic mass is 79.9. The van der Waals surface area contributed by atoms with Crippen LogP contribution in [0.1, 0.15) is 24.8 Å². The molecule has 0 heterocycles. The third-order valence-electron chi connectivity index (χ3n) is 3.41. The van der Waals surface area contributed by atoms with Crippen molar-refractivity contribution in [2.24, 2.45) is 5.92 Å². The molecule has 0 amide bonds. The number of esters is 1. The molecular formula is C13H15BrO3. The summed E-state index contributed by atoms with van der Waals surface area (Å²) in [5, 5.41) is 10.5. The van der Waals surface area contributed by atoms with E-state index in [1.807, 2.05) is 24.3 Å². The molecule has 1 saturated carbocycles. The Morgan fingerprint density at radius 1 is 1.47 bits per heavy atom. The van der Waals surface area contributed by atoms with Crippen LogP contribution in [0.15, 0.2) is 28.7 Å². The molecule has 1 aromatic carbocycles. The average molecular weight is 299 g/mol. The smallest absolute Gasteiger partial charge is 0.308 e. The van der Waals surface area contributed by atoms with Gasteiger partial charge in [-0.25, -0.2) is 0 Å². The van der Waals surface area contributed by atoms with E-state index in [0.717, 1.165) is 10.0 Å². The number of halogens is 1. The Kier molecular flexibility index (Phi) is 3.54. The first-order chi connectivity index (χ1) is 8.05. The maximum absolute atomic E-state index is 11.4. The number of carbonyl (C=O) groups is 1. The lowest BCUT2D eigenvalue weighted by molar-refractivity contribution is -0.145. The number of ether oxygens (including phenoxy) is 1. The summed E-state index contributed by atoms with van der Waals surface area (Å²) in [5.74, 6) is -0.410. The van der Waals surface area contributed by atoms with Gasteiger partial charge in [0, 0.05) is 4.47 Å². The van der Waals surface area contributed by atoms with E-state index in [1.54, 1.807) is 0 Å². The molecule has 3 nitrogen and oxygen atoms in total. The van der Waals surface area contributed by atoms with Gasteiger partial charge in [-0.3, -0.25) is 4.79 Å². The Morgan fingerprint density at radius 3 is 2.71 bits per heavy atom. The molecule has 0 saturated heterocycles. The van der Waals surface area contributed by atoms with Crippen molar-refractivity contribution in [3.05, 3.63) is 34.3 Å². The first kappa shape index (κ1) is 12.6. The minimum atomic E-state index is -0.889. The molecule has 0 aliphatic heterocycles. The highest BCUT2D eigenvalue weighted by Gasteiger charge is 2.42. The van der Waals surface area contributed by atoms with Crippen LogP contribution in [0.2, 0.25) is 0 Å². The fourth-order valence-electron chi connectivity index (χ4n) is 2.41. The van der Waals surface area contributed by atoms with Crippen LogP contribution in [0.5, 0.6) is 0 Å². The summed E-state index contributed by atoms with van der Waals surface area (Å²) < 4.78 is 5.70. The number of hydrogen-bond donors (Lipinski definition) is 1. The Morgan fingerprint density at radius 2 is 2.12 bits per heavy atom. The molecule has 4 heteroatoms. The molecule has 1 aromatic rings. The van der Waals surface area contributed by atoms with Crippen LogP contribution in [0.25, 0.3) is 0 Å². The predicted octanol–water partition coefficient (Wildman–Crippen LogP) is 2.61. The fraction of sp³-hybridized carbons (Fsp3) is 0.462. The number of carbonyl (C=O) groups excluding carboxylic acids is 1. The van der Waals surface area contributed by atoms with Gasteiger partial charge in [0.1, 0.15) is 0 Å². The first-order valence-electron chi connectivity index (χ1n) is 5.61. The van der Waals surface area contributed by atoms with Crippen LogP contribution in [-0.2, 0) is 15.1 Å². The molecule has 1 aliphatic rings. The van der Waals surface area contributed by atoms with Crippen molar-refractivity contribution in [1.82, 2.24) is 0 Å². The first-order valence-corrected chi connectivity index (χ1v) is 6.41. The van der Waals surface area contributed by atoms with Crippen molar-refractivity contribution in [2.75, 3.05) is 7.11 Å². The summed E-state index contributed by atoms with van der Waals surface area (Å²) in [6.45, 7) is 0. The zero-order valence-electron chi connectivity index (χ0n) is 9.65. The van der Waals surface area contributed by atoms with Crippen molar-refractivity contribution < 1.29 is 14.6 Å². The van der Waals surface area contributed by atoms with Gasteiger partial charge in [-0.2, -0.15) is 0 Å². The molecule has 0 bridgehead atoms. The Bertz CT molecular complexity index is 415. The van der Waals surface area contributed by atoms with Gasteiger partial charge in [0.15, 0.2) is 0 Å². The van der Waals surface area contributed by atoms with Crippen molar-refractivity contribution in [3.8, 4) is 0 Å². The van der Waals surface area contributed by atoms with E-state index in [2.05, 4.69) is 15.9 Å². The van der Waals surface area contributed by atoms with E-state index >= 15 is 0 Å². The van der Waals surface area contributed by atoms with Gasteiger partial charge in [0.05, 0.1) is 18.6 Å². The quantitative estimate of drug-likeness (QED) is 0.854. The van der Waals surface area contributed by atoms with Crippen LogP contribution in [0.4, 0.5) is 0 Å². The fourth-order valence-corrected chi connectivity index (χ4v) is 2.68. The predicted molar refractivity (Wildman–Crippen MR) is 67.4 cm³/mol. The van der Waals surface area contributed by atoms with Crippen LogP contribution in [0.3, 0.4) is 0 Å². The Balaban J connectivity index is 2.16. The van der Waals surface area contributed by atoms with Crippen molar-refractivity contribution in [1.29, 1.82) is 0 Å². The number of methoxy groups -OCH3 is 1. The summed E-state index contributed by atoms with van der Waals surface area (Å²) in [6.07, 6.45) is 1.73. The molecule has 1 fully saturated rings. The van der Waals surface area contributed by atoms with Gasteiger partial charge < -0.3 is 9.84 Å². The zero-order valence-corrected chi connectivity index (χ0v) is 11.2. The molecule has 1 N–H and O–H groups in total. The van der Waals surface area contributed by atoms with Gasteiger partial charge in [-0.15, -0.1) is 0 Å². The van der Waals surface area contributed by atoms with E-state index in [1.165, 1.54) is 7.11 Å². The van der Waals surface area contributed by atoms with Gasteiger partial charge in [-0.1, -0.05) is 28.1 Å². The molecule has 2 rings (SSSR count). The van der Waals surface area contributed by atoms with Crippen molar-refractivity contribution in [2.45, 2.75) is 24.9 Å². The molecule has 17 heavy (non-hydrogen) atoms. The Labute approximate surface area is 109 Å². The molecule has 1 aliphatic carbocycles. The summed E-state index contributed by atoms with van der Waals surface area (Å²) in [4.78, 5) is 11.4. The molecular weight excluding hydrogens is 284 g/mol. The second kappa shape index (κ2) is 4.78. The summed E-state index contributed by atoms with van der Waals surface area (Å²) in [5.41, 5.74) is -0.0216. The number of aliphatic hydroxyl groups is 1. The second-order valence-electron chi connectivity index (χ2n) is 4.50. The lowest BCUT2D eigenvalue weighted by atomic mass is 9.91. The van der Waals surface area contributed by atoms with E-state index in [4.69, 9.17) is 4.74 Å². The maximum atomic E-state index is 11.4. The lowest BCUT2D eigenvalue weighted by Gasteiger charge is -2.23. The highest BCUT2D eigenvalue weighted by Crippen LogP contribution is 2.42. The highest BCUT2D eigenvalue weighted by molar-refractivity contribution is 9.10. The summed E-state index contributed by atoms with van der Waals surface area (Å²) >= 11 is 3.36. The number of hydrogen-bond acceptors (Lipinski definition) is 3. The normalized spacial score (nSPS) is 28.1. The van der Waals surface area contributed by atoms with Crippen LogP contribution < -0.4 is 0 Å². The van der Waals surface area contributed by atoms with E-state index in [0.29, 0.717) is 19.3 Å². The SMILES string of the molecule is COC(=O)[C@@H]1CC[C@](O)(c2ccc(Br)cc2)C1. The molecule has 0 radical (unpaired) electrons. The number of rotatable bonds is 2. The lowest BCUT2D eigenvalue weighted by Crippen LogP contribution is -2.23. The van der Waals surface area contributed by atoms with Crippen molar-refractivity contribution in [3.63, 3.8) is 0 Å². The minimum absolute atomic E-state index is 0.186. The third kappa shape index (κ3) is 2.53. The van der Waals surface area contributed by atoms with E-state index in [-0.39, 0.29) is 11.9 Å². The maximum Gasteiger partial charge on any atom is 0.308 e. The van der Waals surface area contributed by atoms with Gasteiger partial charge in [0.2, 0.25) is 0 Å². The average Bonchev–Trinajstić information content (AvgIpc) is 2.73. The summed E-state index contributed by atoms with van der Waals surface area (Å²) in [7, 11) is 1.39. The monoisotopic (exact) mass is 298 g/mol. The van der Waals surface area contributed by atoms with Gasteiger partial charge in [-0.05, 0) is 37.0 Å². The standard InChI is InChI=1S/C13H15BrO3/c1-17-12(15)9-6-7-13(16,8-9)10-2-4-11(14)5-3-10/h2-5,9,16H,6-8H2,1H3/t9-,13-/m1/s1. The molecule has 0 unspecified atom stereocenters. The Hall–Kier alpha value is -0.870. The largest absolute Gasteiger partial charge is 0.469 e. The topological polar surface area (TPSA) is 46.5 Å². The molecule has 0 spiro atoms. The molecule has 0 aromatic heterocycles. The molecule has 92 valence electrons. The van der Waals surface area contributed by atoms with Crippen molar-refractivity contribution >= 4 is 21.9 Å². The summed E-state index contributed by atoms with van der Waals surface area (Å²) in [6, 6.07) is 7.59. The van der Waals surface area contributed by atoms with E-state index < -0.39 is 5.60 Å². The zero-order chi connectivity index (χ0) is 12.5. The van der Waals surface area contributed by atoms with Gasteiger partial charge in [0.25, 0.3) is 0 Å². The second-order valence-corrected chi connectivity index (χ2v) is 5.42. The minimum Gasteiger partial charge on any atom is -0.469 e. The van der Waals surface area contributed by atoms with Crippen LogP contribution in [-0.4, -0.2) is 18.2 Å². The van der Waals surface area contributed by atoms with E-state index in [9.17, 15) is 9.90 Å². The molecule has 2 atom stereocenters.